The predicted molar refractivity (Wildman–Crippen MR) is 80.7 cm³/mol. The van der Waals surface area contributed by atoms with Crippen molar-refractivity contribution in [3.63, 3.8) is 0 Å². The number of rotatable bonds is 1. The van der Waals surface area contributed by atoms with E-state index in [0.29, 0.717) is 18.7 Å². The molecule has 0 aliphatic carbocycles. The molecule has 3 rings (SSSR count). The average molecular weight is 392 g/mol. The minimum absolute atomic E-state index is 0.168. The van der Waals surface area contributed by atoms with Crippen molar-refractivity contribution in [3.8, 4) is 0 Å². The molecule has 102 valence electrons. The lowest BCUT2D eigenvalue weighted by Gasteiger charge is -2.21. The standard InChI is InChI=1S/C11H13IN4O2S/c12-8-6-14-16-10(13)5-9(15-11(8)16)7-1-3-19(17,18)4-2-7/h5-7H,1-4,13H2. The number of aromatic nitrogens is 3. The molecule has 0 saturated carbocycles. The minimum atomic E-state index is -2.85. The number of hydrogen-bond donors (Lipinski definition) is 1. The van der Waals surface area contributed by atoms with Crippen molar-refractivity contribution in [2.75, 3.05) is 17.2 Å². The number of nitrogen functional groups attached to an aromatic ring is 1. The van der Waals surface area contributed by atoms with Gasteiger partial charge in [0.15, 0.2) is 5.65 Å². The highest BCUT2D eigenvalue weighted by Gasteiger charge is 2.26. The molecule has 0 radical (unpaired) electrons. The lowest BCUT2D eigenvalue weighted by atomic mass is 9.98. The molecule has 8 heteroatoms. The van der Waals surface area contributed by atoms with Crippen LogP contribution in [0, 0.1) is 3.57 Å². The maximum atomic E-state index is 11.5. The first-order chi connectivity index (χ1) is 8.96. The Morgan fingerprint density at radius 3 is 2.74 bits per heavy atom. The molecule has 3 heterocycles. The van der Waals surface area contributed by atoms with Crippen LogP contribution < -0.4 is 5.73 Å². The summed E-state index contributed by atoms with van der Waals surface area (Å²) in [6, 6.07) is 1.80. The molecule has 1 aliphatic heterocycles. The van der Waals surface area contributed by atoms with Crippen LogP contribution in [0.2, 0.25) is 0 Å². The first-order valence-corrected chi connectivity index (χ1v) is 8.86. The van der Waals surface area contributed by atoms with Crippen LogP contribution in [0.5, 0.6) is 0 Å². The fraction of sp³-hybridized carbons (Fsp3) is 0.455. The van der Waals surface area contributed by atoms with E-state index in [9.17, 15) is 8.42 Å². The third-order valence-corrected chi connectivity index (χ3v) is 5.93. The van der Waals surface area contributed by atoms with Gasteiger partial charge >= 0.3 is 0 Å². The van der Waals surface area contributed by atoms with Gasteiger partial charge in [0, 0.05) is 17.7 Å². The summed E-state index contributed by atoms with van der Waals surface area (Å²) in [7, 11) is -2.85. The smallest absolute Gasteiger partial charge is 0.171 e. The number of sulfone groups is 1. The molecule has 2 aromatic heterocycles. The fourth-order valence-corrected chi connectivity index (χ4v) is 4.34. The number of anilines is 1. The van der Waals surface area contributed by atoms with Crippen molar-refractivity contribution < 1.29 is 8.42 Å². The molecule has 0 aromatic carbocycles. The summed E-state index contributed by atoms with van der Waals surface area (Å²) in [5.74, 6) is 1.18. The number of halogens is 1. The number of nitrogens with zero attached hydrogens (tertiary/aromatic N) is 3. The number of hydrogen-bond acceptors (Lipinski definition) is 5. The molecule has 0 spiro atoms. The van der Waals surface area contributed by atoms with E-state index in [1.165, 1.54) is 0 Å². The molecule has 1 aliphatic rings. The van der Waals surface area contributed by atoms with E-state index in [0.717, 1.165) is 14.9 Å². The fourth-order valence-electron chi connectivity index (χ4n) is 2.37. The quantitative estimate of drug-likeness (QED) is 0.737. The van der Waals surface area contributed by atoms with E-state index >= 15 is 0 Å². The van der Waals surface area contributed by atoms with Crippen molar-refractivity contribution in [2.24, 2.45) is 0 Å². The van der Waals surface area contributed by atoms with Gasteiger partial charge in [-0.2, -0.15) is 9.61 Å². The molecule has 0 unspecified atom stereocenters. The average Bonchev–Trinajstić information content (AvgIpc) is 2.72. The van der Waals surface area contributed by atoms with Crippen molar-refractivity contribution in [3.05, 3.63) is 21.5 Å². The molecule has 1 fully saturated rings. The van der Waals surface area contributed by atoms with Gasteiger partial charge in [-0.25, -0.2) is 13.4 Å². The summed E-state index contributed by atoms with van der Waals surface area (Å²) in [5.41, 5.74) is 7.58. The van der Waals surface area contributed by atoms with Gasteiger partial charge in [0.1, 0.15) is 15.7 Å². The largest absolute Gasteiger partial charge is 0.384 e. The van der Waals surface area contributed by atoms with Crippen LogP contribution in [0.25, 0.3) is 5.65 Å². The molecule has 2 aromatic rings. The van der Waals surface area contributed by atoms with Crippen molar-refractivity contribution in [1.82, 2.24) is 14.6 Å². The van der Waals surface area contributed by atoms with Gasteiger partial charge < -0.3 is 5.73 Å². The van der Waals surface area contributed by atoms with Gasteiger partial charge in [-0.15, -0.1) is 0 Å². The highest BCUT2D eigenvalue weighted by Crippen LogP contribution is 2.29. The van der Waals surface area contributed by atoms with Gasteiger partial charge in [-0.05, 0) is 35.4 Å². The molecular formula is C11H13IN4O2S. The van der Waals surface area contributed by atoms with Gasteiger partial charge in [-0.3, -0.25) is 0 Å². The molecule has 0 amide bonds. The summed E-state index contributed by atoms with van der Waals surface area (Å²) >= 11 is 2.17. The summed E-state index contributed by atoms with van der Waals surface area (Å²) in [6.07, 6.45) is 2.96. The molecule has 1 saturated heterocycles. The lowest BCUT2D eigenvalue weighted by Crippen LogP contribution is -2.23. The molecule has 0 bridgehead atoms. The molecule has 6 nitrogen and oxygen atoms in total. The van der Waals surface area contributed by atoms with Crippen molar-refractivity contribution >= 4 is 43.9 Å². The Balaban J connectivity index is 1.99. The first kappa shape index (κ1) is 13.1. The van der Waals surface area contributed by atoms with Crippen LogP contribution in [-0.2, 0) is 9.84 Å². The number of fused-ring (bicyclic) bond motifs is 1. The second-order valence-electron chi connectivity index (χ2n) is 4.76. The van der Waals surface area contributed by atoms with E-state index < -0.39 is 9.84 Å². The molecule has 19 heavy (non-hydrogen) atoms. The number of nitrogens with two attached hydrogens (primary N) is 1. The highest BCUT2D eigenvalue weighted by atomic mass is 127. The van der Waals surface area contributed by atoms with Gasteiger partial charge in [0.25, 0.3) is 0 Å². The Kier molecular flexibility index (Phi) is 3.16. The summed E-state index contributed by atoms with van der Waals surface area (Å²) in [4.78, 5) is 4.59. The third-order valence-electron chi connectivity index (χ3n) is 3.45. The Morgan fingerprint density at radius 2 is 2.05 bits per heavy atom. The molecule has 2 N–H and O–H groups in total. The van der Waals surface area contributed by atoms with Crippen LogP contribution in [-0.4, -0.2) is 34.5 Å². The van der Waals surface area contributed by atoms with Crippen LogP contribution >= 0.6 is 22.6 Å². The van der Waals surface area contributed by atoms with E-state index in [1.54, 1.807) is 16.8 Å². The van der Waals surface area contributed by atoms with E-state index in [-0.39, 0.29) is 17.4 Å². The zero-order valence-corrected chi connectivity index (χ0v) is 13.1. The normalized spacial score (nSPS) is 19.8. The Morgan fingerprint density at radius 1 is 1.37 bits per heavy atom. The Bertz CT molecular complexity index is 726. The Labute approximate surface area is 124 Å². The second-order valence-corrected chi connectivity index (χ2v) is 8.23. The minimum Gasteiger partial charge on any atom is -0.384 e. The van der Waals surface area contributed by atoms with E-state index in [4.69, 9.17) is 5.73 Å². The maximum absolute atomic E-state index is 11.5. The van der Waals surface area contributed by atoms with Crippen LogP contribution in [0.1, 0.15) is 24.5 Å². The van der Waals surface area contributed by atoms with Crippen LogP contribution in [0.15, 0.2) is 12.3 Å². The SMILES string of the molecule is Nc1cc(C2CCS(=O)(=O)CC2)nc2c(I)cnn12. The summed E-state index contributed by atoms with van der Waals surface area (Å²) < 4.78 is 25.5. The first-order valence-electron chi connectivity index (χ1n) is 5.96. The van der Waals surface area contributed by atoms with Gasteiger partial charge in [-0.1, -0.05) is 0 Å². The predicted octanol–water partition coefficient (Wildman–Crippen LogP) is 1.21. The highest BCUT2D eigenvalue weighted by molar-refractivity contribution is 14.1. The van der Waals surface area contributed by atoms with Crippen LogP contribution in [0.3, 0.4) is 0 Å². The van der Waals surface area contributed by atoms with Gasteiger partial charge in [0.05, 0.1) is 21.3 Å². The van der Waals surface area contributed by atoms with Crippen LogP contribution in [0.4, 0.5) is 5.82 Å². The van der Waals surface area contributed by atoms with E-state index in [2.05, 4.69) is 32.7 Å². The second kappa shape index (κ2) is 4.58. The zero-order chi connectivity index (χ0) is 13.6. The monoisotopic (exact) mass is 392 g/mol. The topological polar surface area (TPSA) is 90.4 Å². The van der Waals surface area contributed by atoms with Crippen molar-refractivity contribution in [1.29, 1.82) is 0 Å². The van der Waals surface area contributed by atoms with E-state index in [1.807, 2.05) is 0 Å². The lowest BCUT2D eigenvalue weighted by molar-refractivity contribution is 0.544. The zero-order valence-electron chi connectivity index (χ0n) is 10.1. The van der Waals surface area contributed by atoms with Crippen molar-refractivity contribution in [2.45, 2.75) is 18.8 Å². The Hall–Kier alpha value is -0.900. The summed E-state index contributed by atoms with van der Waals surface area (Å²) in [5, 5.41) is 4.15. The molecule has 0 atom stereocenters. The summed E-state index contributed by atoms with van der Waals surface area (Å²) in [6.45, 7) is 0. The molecular weight excluding hydrogens is 379 g/mol. The third kappa shape index (κ3) is 2.42. The maximum Gasteiger partial charge on any atom is 0.171 e. The van der Waals surface area contributed by atoms with Gasteiger partial charge in [0.2, 0.25) is 0 Å².